The van der Waals surface area contributed by atoms with E-state index in [1.807, 2.05) is 12.1 Å². The maximum Gasteiger partial charge on any atom is 0.127 e. The van der Waals surface area contributed by atoms with Crippen LogP contribution >= 0.6 is 0 Å². The molecule has 1 aromatic carbocycles. The first kappa shape index (κ1) is 8.45. The Hall–Kier alpha value is -1.15. The second-order valence-corrected chi connectivity index (χ2v) is 3.26. The quantitative estimate of drug-likeness (QED) is 0.626. The summed E-state index contributed by atoms with van der Waals surface area (Å²) in [5.74, 6) is -0.102. The molecule has 1 aromatic rings. The summed E-state index contributed by atoms with van der Waals surface area (Å²) < 4.78 is 13.2. The van der Waals surface area contributed by atoms with Crippen LogP contribution in [0.3, 0.4) is 0 Å². The normalized spacial score (nSPS) is 16.7. The molecule has 0 aliphatic carbocycles. The van der Waals surface area contributed by atoms with Gasteiger partial charge in [0.1, 0.15) is 5.82 Å². The highest BCUT2D eigenvalue weighted by atomic mass is 19.1. The minimum atomic E-state index is -0.102. The fourth-order valence-corrected chi connectivity index (χ4v) is 1.52. The lowest BCUT2D eigenvalue weighted by molar-refractivity contribution is 0.339. The van der Waals surface area contributed by atoms with Gasteiger partial charge in [-0.1, -0.05) is 30.4 Å². The molecule has 1 aliphatic heterocycles. The molecule has 0 N–H and O–H groups in total. The Morgan fingerprint density at radius 2 is 1.85 bits per heavy atom. The van der Waals surface area contributed by atoms with E-state index in [0.717, 1.165) is 18.7 Å². The van der Waals surface area contributed by atoms with Crippen LogP contribution in [0.5, 0.6) is 0 Å². The third-order valence-electron chi connectivity index (χ3n) is 2.25. The molecule has 0 atom stereocenters. The molecular formula is C11H12FN. The van der Waals surface area contributed by atoms with E-state index < -0.39 is 0 Å². The molecule has 68 valence electrons. The third-order valence-corrected chi connectivity index (χ3v) is 2.25. The first-order valence-electron chi connectivity index (χ1n) is 4.47. The highest BCUT2D eigenvalue weighted by molar-refractivity contribution is 5.17. The number of nitrogens with zero attached hydrogens (tertiary/aromatic N) is 1. The Labute approximate surface area is 77.5 Å². The van der Waals surface area contributed by atoms with E-state index in [1.54, 1.807) is 6.07 Å². The largest absolute Gasteiger partial charge is 0.292 e. The average Bonchev–Trinajstić information content (AvgIpc) is 2.61. The molecular weight excluding hydrogens is 165 g/mol. The predicted molar refractivity (Wildman–Crippen MR) is 50.8 cm³/mol. The number of benzene rings is 1. The van der Waals surface area contributed by atoms with E-state index in [9.17, 15) is 4.39 Å². The number of hydrogen-bond acceptors (Lipinski definition) is 1. The summed E-state index contributed by atoms with van der Waals surface area (Å²) in [5, 5.41) is 0. The van der Waals surface area contributed by atoms with Gasteiger partial charge in [0.2, 0.25) is 0 Å². The molecule has 1 aliphatic rings. The van der Waals surface area contributed by atoms with Gasteiger partial charge in [0.05, 0.1) is 0 Å². The monoisotopic (exact) mass is 177 g/mol. The highest BCUT2D eigenvalue weighted by Gasteiger charge is 2.08. The van der Waals surface area contributed by atoms with Crippen LogP contribution in [0.15, 0.2) is 36.4 Å². The SMILES string of the molecule is Fc1ccccc1CN1CC=CC1. The molecule has 0 bridgehead atoms. The van der Waals surface area contributed by atoms with Crippen molar-refractivity contribution in [1.29, 1.82) is 0 Å². The van der Waals surface area contributed by atoms with Crippen molar-refractivity contribution in [1.82, 2.24) is 4.90 Å². The summed E-state index contributed by atoms with van der Waals surface area (Å²) in [7, 11) is 0. The lowest BCUT2D eigenvalue weighted by Gasteiger charge is -2.14. The summed E-state index contributed by atoms with van der Waals surface area (Å²) >= 11 is 0. The summed E-state index contributed by atoms with van der Waals surface area (Å²) in [6, 6.07) is 6.95. The maximum atomic E-state index is 13.2. The fourth-order valence-electron chi connectivity index (χ4n) is 1.52. The Kier molecular flexibility index (Phi) is 2.41. The first-order valence-corrected chi connectivity index (χ1v) is 4.47. The van der Waals surface area contributed by atoms with Gasteiger partial charge >= 0.3 is 0 Å². The van der Waals surface area contributed by atoms with Crippen LogP contribution in [-0.4, -0.2) is 18.0 Å². The van der Waals surface area contributed by atoms with Crippen LogP contribution in [0.4, 0.5) is 4.39 Å². The van der Waals surface area contributed by atoms with Crippen molar-refractivity contribution < 1.29 is 4.39 Å². The van der Waals surface area contributed by atoms with E-state index >= 15 is 0 Å². The highest BCUT2D eigenvalue weighted by Crippen LogP contribution is 2.11. The minimum Gasteiger partial charge on any atom is -0.292 e. The Morgan fingerprint density at radius 1 is 1.15 bits per heavy atom. The van der Waals surface area contributed by atoms with E-state index in [4.69, 9.17) is 0 Å². The predicted octanol–water partition coefficient (Wildman–Crippen LogP) is 2.20. The van der Waals surface area contributed by atoms with Crippen LogP contribution in [0.25, 0.3) is 0 Å². The molecule has 1 nitrogen and oxygen atoms in total. The van der Waals surface area contributed by atoms with Gasteiger partial charge in [-0.05, 0) is 6.07 Å². The van der Waals surface area contributed by atoms with Crippen LogP contribution in [0.2, 0.25) is 0 Å². The summed E-state index contributed by atoms with van der Waals surface area (Å²) in [6.45, 7) is 2.59. The van der Waals surface area contributed by atoms with Crippen molar-refractivity contribution in [2.45, 2.75) is 6.54 Å². The molecule has 0 radical (unpaired) electrons. The van der Waals surface area contributed by atoms with Crippen molar-refractivity contribution in [2.75, 3.05) is 13.1 Å². The maximum absolute atomic E-state index is 13.2. The van der Waals surface area contributed by atoms with Gasteiger partial charge in [-0.15, -0.1) is 0 Å². The lowest BCUT2D eigenvalue weighted by Crippen LogP contribution is -2.19. The summed E-state index contributed by atoms with van der Waals surface area (Å²) in [5.41, 5.74) is 0.784. The second-order valence-electron chi connectivity index (χ2n) is 3.26. The molecule has 2 rings (SSSR count). The molecule has 0 spiro atoms. The topological polar surface area (TPSA) is 3.24 Å². The molecule has 0 fully saturated rings. The molecule has 2 heteroatoms. The average molecular weight is 177 g/mol. The van der Waals surface area contributed by atoms with Crippen LogP contribution in [0.1, 0.15) is 5.56 Å². The van der Waals surface area contributed by atoms with Gasteiger partial charge in [0.25, 0.3) is 0 Å². The molecule has 0 amide bonds. The summed E-state index contributed by atoms with van der Waals surface area (Å²) in [4.78, 5) is 2.19. The van der Waals surface area contributed by atoms with Gasteiger partial charge < -0.3 is 0 Å². The van der Waals surface area contributed by atoms with Crippen LogP contribution in [-0.2, 0) is 6.54 Å². The van der Waals surface area contributed by atoms with Crippen molar-refractivity contribution in [2.24, 2.45) is 0 Å². The van der Waals surface area contributed by atoms with Gasteiger partial charge in [-0.25, -0.2) is 4.39 Å². The standard InChI is InChI=1S/C11H12FN/c12-11-6-2-1-5-10(11)9-13-7-3-4-8-13/h1-6H,7-9H2. The minimum absolute atomic E-state index is 0.102. The van der Waals surface area contributed by atoms with Crippen molar-refractivity contribution in [3.63, 3.8) is 0 Å². The van der Waals surface area contributed by atoms with Crippen molar-refractivity contribution >= 4 is 0 Å². The number of hydrogen-bond donors (Lipinski definition) is 0. The molecule has 1 heterocycles. The zero-order valence-corrected chi connectivity index (χ0v) is 7.41. The van der Waals surface area contributed by atoms with Gasteiger partial charge in [0, 0.05) is 25.2 Å². The number of rotatable bonds is 2. The molecule has 13 heavy (non-hydrogen) atoms. The summed E-state index contributed by atoms with van der Waals surface area (Å²) in [6.07, 6.45) is 4.22. The molecule has 0 saturated carbocycles. The van der Waals surface area contributed by atoms with Crippen LogP contribution < -0.4 is 0 Å². The lowest BCUT2D eigenvalue weighted by atomic mass is 10.2. The van der Waals surface area contributed by atoms with Crippen molar-refractivity contribution in [3.8, 4) is 0 Å². The van der Waals surface area contributed by atoms with E-state index in [-0.39, 0.29) is 5.82 Å². The van der Waals surface area contributed by atoms with Gasteiger partial charge in [-0.3, -0.25) is 4.90 Å². The zero-order valence-electron chi connectivity index (χ0n) is 7.41. The third kappa shape index (κ3) is 1.95. The molecule has 0 aromatic heterocycles. The van der Waals surface area contributed by atoms with Crippen LogP contribution in [0, 0.1) is 5.82 Å². The fraction of sp³-hybridized carbons (Fsp3) is 0.273. The van der Waals surface area contributed by atoms with E-state index in [1.165, 1.54) is 6.07 Å². The van der Waals surface area contributed by atoms with E-state index in [0.29, 0.717) is 6.54 Å². The molecule has 0 saturated heterocycles. The van der Waals surface area contributed by atoms with Gasteiger partial charge in [-0.2, -0.15) is 0 Å². The van der Waals surface area contributed by atoms with Crippen molar-refractivity contribution in [3.05, 3.63) is 47.8 Å². The Bertz CT molecular complexity index is 312. The Balaban J connectivity index is 2.05. The van der Waals surface area contributed by atoms with Gasteiger partial charge in [0.15, 0.2) is 0 Å². The molecule has 0 unspecified atom stereocenters. The smallest absolute Gasteiger partial charge is 0.127 e. The zero-order chi connectivity index (χ0) is 9.10. The second kappa shape index (κ2) is 3.71. The Morgan fingerprint density at radius 3 is 2.54 bits per heavy atom. The number of halogens is 1. The first-order chi connectivity index (χ1) is 6.36. The van der Waals surface area contributed by atoms with E-state index in [2.05, 4.69) is 17.1 Å².